The molecule has 0 spiro atoms. The van der Waals surface area contributed by atoms with Crippen LogP contribution < -0.4 is 0 Å². The number of likely N-dealkylation sites (N-methyl/N-ethyl adjacent to an activating group) is 1. The van der Waals surface area contributed by atoms with E-state index in [1.165, 1.54) is 17.0 Å². The molecule has 6 heteroatoms. The smallest absolute Gasteiger partial charge is 0.335 e. The summed E-state index contributed by atoms with van der Waals surface area (Å²) in [5.41, 5.74) is -0.309. The van der Waals surface area contributed by atoms with Gasteiger partial charge in [0.05, 0.1) is 17.2 Å². The van der Waals surface area contributed by atoms with Crippen LogP contribution in [0.4, 0.5) is 4.39 Å². The SMILES string of the molecule is CN(CC1CCCO1)C(=O)c1ccc(C(=O)O)cc1F. The van der Waals surface area contributed by atoms with Crippen LogP contribution in [0.3, 0.4) is 0 Å². The lowest BCUT2D eigenvalue weighted by atomic mass is 10.1. The van der Waals surface area contributed by atoms with E-state index in [0.29, 0.717) is 13.2 Å². The number of amides is 1. The summed E-state index contributed by atoms with van der Waals surface area (Å²) >= 11 is 0. The Morgan fingerprint density at radius 3 is 2.80 bits per heavy atom. The molecule has 0 radical (unpaired) electrons. The molecule has 1 saturated heterocycles. The molecule has 20 heavy (non-hydrogen) atoms. The lowest BCUT2D eigenvalue weighted by Crippen LogP contribution is -2.34. The number of ether oxygens (including phenoxy) is 1. The van der Waals surface area contributed by atoms with E-state index in [-0.39, 0.29) is 17.2 Å². The van der Waals surface area contributed by atoms with Crippen molar-refractivity contribution in [2.45, 2.75) is 18.9 Å². The third kappa shape index (κ3) is 3.14. The molecule has 1 atom stereocenters. The highest BCUT2D eigenvalue weighted by molar-refractivity contribution is 5.96. The first-order valence-electron chi connectivity index (χ1n) is 6.39. The van der Waals surface area contributed by atoms with Crippen LogP contribution in [0, 0.1) is 5.82 Å². The van der Waals surface area contributed by atoms with E-state index in [2.05, 4.69) is 0 Å². The van der Waals surface area contributed by atoms with Gasteiger partial charge in [-0.15, -0.1) is 0 Å². The molecule has 108 valence electrons. The number of nitrogens with zero attached hydrogens (tertiary/aromatic N) is 1. The standard InChI is InChI=1S/C14H16FNO4/c1-16(8-10-3-2-6-20-10)13(17)11-5-4-9(14(18)19)7-12(11)15/h4-5,7,10H,2-3,6,8H2,1H3,(H,18,19). The molecular weight excluding hydrogens is 265 g/mol. The first-order valence-corrected chi connectivity index (χ1v) is 6.39. The zero-order chi connectivity index (χ0) is 14.7. The topological polar surface area (TPSA) is 66.8 Å². The molecule has 1 N–H and O–H groups in total. The van der Waals surface area contributed by atoms with Gasteiger partial charge in [-0.25, -0.2) is 9.18 Å². The first kappa shape index (κ1) is 14.5. The molecule has 1 unspecified atom stereocenters. The van der Waals surface area contributed by atoms with E-state index in [1.54, 1.807) is 7.05 Å². The first-order chi connectivity index (χ1) is 9.49. The number of rotatable bonds is 4. The second-order valence-electron chi connectivity index (χ2n) is 4.82. The summed E-state index contributed by atoms with van der Waals surface area (Å²) in [4.78, 5) is 24.2. The quantitative estimate of drug-likeness (QED) is 0.913. The van der Waals surface area contributed by atoms with Crippen LogP contribution in [0.25, 0.3) is 0 Å². The maximum atomic E-state index is 13.8. The molecule has 0 bridgehead atoms. The van der Waals surface area contributed by atoms with Gasteiger partial charge in [0.2, 0.25) is 0 Å². The van der Waals surface area contributed by atoms with Gasteiger partial charge in [-0.1, -0.05) is 0 Å². The average Bonchev–Trinajstić information content (AvgIpc) is 2.90. The Kier molecular flexibility index (Phi) is 4.34. The third-order valence-electron chi connectivity index (χ3n) is 3.29. The average molecular weight is 281 g/mol. The lowest BCUT2D eigenvalue weighted by Gasteiger charge is -2.21. The van der Waals surface area contributed by atoms with Crippen LogP contribution in [0.5, 0.6) is 0 Å². The van der Waals surface area contributed by atoms with Gasteiger partial charge in [-0.3, -0.25) is 4.79 Å². The predicted molar refractivity (Wildman–Crippen MR) is 69.3 cm³/mol. The molecule has 1 heterocycles. The number of carbonyl (C=O) groups is 2. The van der Waals surface area contributed by atoms with E-state index < -0.39 is 17.7 Å². The van der Waals surface area contributed by atoms with Crippen molar-refractivity contribution in [3.8, 4) is 0 Å². The number of hydrogen-bond acceptors (Lipinski definition) is 3. The minimum Gasteiger partial charge on any atom is -0.478 e. The molecular formula is C14H16FNO4. The monoisotopic (exact) mass is 281 g/mol. The molecule has 0 saturated carbocycles. The van der Waals surface area contributed by atoms with Crippen molar-refractivity contribution >= 4 is 11.9 Å². The van der Waals surface area contributed by atoms with Gasteiger partial charge in [0.25, 0.3) is 5.91 Å². The molecule has 5 nitrogen and oxygen atoms in total. The maximum Gasteiger partial charge on any atom is 0.335 e. The minimum absolute atomic E-state index is 0.00898. The van der Waals surface area contributed by atoms with Gasteiger partial charge in [0.15, 0.2) is 0 Å². The van der Waals surface area contributed by atoms with Crippen LogP contribution in [-0.4, -0.2) is 48.2 Å². The van der Waals surface area contributed by atoms with Crippen LogP contribution in [-0.2, 0) is 4.74 Å². The van der Waals surface area contributed by atoms with Crippen LogP contribution in [0.2, 0.25) is 0 Å². The van der Waals surface area contributed by atoms with E-state index in [0.717, 1.165) is 18.9 Å². The molecule has 1 aliphatic rings. The second kappa shape index (κ2) is 6.00. The summed E-state index contributed by atoms with van der Waals surface area (Å²) < 4.78 is 19.2. The fourth-order valence-electron chi connectivity index (χ4n) is 2.20. The summed E-state index contributed by atoms with van der Waals surface area (Å²) in [6.07, 6.45) is 1.84. The lowest BCUT2D eigenvalue weighted by molar-refractivity contribution is 0.0582. The molecule has 1 aromatic rings. The molecule has 1 aliphatic heterocycles. The molecule has 0 aromatic heterocycles. The number of hydrogen-bond donors (Lipinski definition) is 1. The van der Waals surface area contributed by atoms with Crippen molar-refractivity contribution in [3.05, 3.63) is 35.1 Å². The van der Waals surface area contributed by atoms with Crippen molar-refractivity contribution < 1.29 is 23.8 Å². The number of halogens is 1. The Hall–Kier alpha value is -1.95. The van der Waals surface area contributed by atoms with Gasteiger partial charge in [0, 0.05) is 20.2 Å². The van der Waals surface area contributed by atoms with Crippen LogP contribution in [0.1, 0.15) is 33.6 Å². The van der Waals surface area contributed by atoms with E-state index in [4.69, 9.17) is 9.84 Å². The Bertz CT molecular complexity index is 526. The molecule has 1 aromatic carbocycles. The van der Waals surface area contributed by atoms with Gasteiger partial charge < -0.3 is 14.7 Å². The molecule has 2 rings (SSSR count). The zero-order valence-electron chi connectivity index (χ0n) is 11.1. The normalized spacial score (nSPS) is 18.0. The summed E-state index contributed by atoms with van der Waals surface area (Å²) in [5, 5.41) is 8.76. The van der Waals surface area contributed by atoms with Crippen LogP contribution in [0.15, 0.2) is 18.2 Å². The summed E-state index contributed by atoms with van der Waals surface area (Å²) in [7, 11) is 1.58. The van der Waals surface area contributed by atoms with Gasteiger partial charge >= 0.3 is 5.97 Å². The number of benzene rings is 1. The Morgan fingerprint density at radius 1 is 1.50 bits per heavy atom. The minimum atomic E-state index is -1.23. The highest BCUT2D eigenvalue weighted by Crippen LogP contribution is 2.16. The third-order valence-corrected chi connectivity index (χ3v) is 3.29. The van der Waals surface area contributed by atoms with E-state index in [1.807, 2.05) is 0 Å². The zero-order valence-corrected chi connectivity index (χ0v) is 11.1. The molecule has 1 fully saturated rings. The van der Waals surface area contributed by atoms with Crippen molar-refractivity contribution in [2.75, 3.05) is 20.2 Å². The fourth-order valence-corrected chi connectivity index (χ4v) is 2.20. The summed E-state index contributed by atoms with van der Waals surface area (Å²) in [6.45, 7) is 1.09. The maximum absolute atomic E-state index is 13.8. The van der Waals surface area contributed by atoms with Gasteiger partial charge in [-0.05, 0) is 31.0 Å². The predicted octanol–water partition coefficient (Wildman–Crippen LogP) is 1.77. The van der Waals surface area contributed by atoms with Crippen LogP contribution >= 0.6 is 0 Å². The van der Waals surface area contributed by atoms with Gasteiger partial charge in [0.1, 0.15) is 5.82 Å². The molecule has 1 amide bonds. The Labute approximate surface area is 116 Å². The van der Waals surface area contributed by atoms with E-state index >= 15 is 0 Å². The Morgan fingerprint density at radius 2 is 2.25 bits per heavy atom. The summed E-state index contributed by atoms with van der Waals surface area (Å²) in [6, 6.07) is 3.28. The number of carboxylic acid groups (broad SMARTS) is 1. The number of carboxylic acids is 1. The van der Waals surface area contributed by atoms with Crippen molar-refractivity contribution in [1.82, 2.24) is 4.90 Å². The number of carbonyl (C=O) groups excluding carboxylic acids is 1. The van der Waals surface area contributed by atoms with Crippen molar-refractivity contribution in [3.63, 3.8) is 0 Å². The Balaban J connectivity index is 2.09. The summed E-state index contributed by atoms with van der Waals surface area (Å²) in [5.74, 6) is -2.53. The van der Waals surface area contributed by atoms with Gasteiger partial charge in [-0.2, -0.15) is 0 Å². The second-order valence-corrected chi connectivity index (χ2v) is 4.82. The fraction of sp³-hybridized carbons (Fsp3) is 0.429. The number of aromatic carboxylic acids is 1. The van der Waals surface area contributed by atoms with E-state index in [9.17, 15) is 14.0 Å². The molecule has 0 aliphatic carbocycles. The highest BCUT2D eigenvalue weighted by atomic mass is 19.1. The largest absolute Gasteiger partial charge is 0.478 e. The highest BCUT2D eigenvalue weighted by Gasteiger charge is 2.23. The van der Waals surface area contributed by atoms with Crippen molar-refractivity contribution in [2.24, 2.45) is 0 Å². The van der Waals surface area contributed by atoms with Crippen molar-refractivity contribution in [1.29, 1.82) is 0 Å².